The fraction of sp³-hybridized carbons (Fsp3) is 0.353. The third-order valence-corrected chi connectivity index (χ3v) is 4.82. The molecule has 23 heavy (non-hydrogen) atoms. The molecular formula is C17H20N4OS. The van der Waals surface area contributed by atoms with Crippen LogP contribution in [0, 0.1) is 20.8 Å². The zero-order valence-electron chi connectivity index (χ0n) is 14.0. The SMILES string of the molecule is Cc1cc(C(=O)Nc2nc3c(C)c(C)ccc3s2)n(C(C)C)n1. The molecule has 0 aliphatic heterocycles. The van der Waals surface area contributed by atoms with Crippen LogP contribution < -0.4 is 5.32 Å². The van der Waals surface area contributed by atoms with Crippen molar-refractivity contribution < 1.29 is 4.79 Å². The normalized spacial score (nSPS) is 11.4. The van der Waals surface area contributed by atoms with Gasteiger partial charge in [-0.15, -0.1) is 0 Å². The zero-order chi connectivity index (χ0) is 16.7. The second kappa shape index (κ2) is 5.77. The number of benzene rings is 1. The minimum Gasteiger partial charge on any atom is -0.296 e. The molecule has 2 heterocycles. The summed E-state index contributed by atoms with van der Waals surface area (Å²) in [5, 5.41) is 7.91. The third kappa shape index (κ3) is 2.86. The van der Waals surface area contributed by atoms with Crippen molar-refractivity contribution in [1.82, 2.24) is 14.8 Å². The first kappa shape index (κ1) is 15.7. The van der Waals surface area contributed by atoms with Gasteiger partial charge in [0.2, 0.25) is 0 Å². The lowest BCUT2D eigenvalue weighted by molar-refractivity contribution is 0.101. The molecule has 3 rings (SSSR count). The summed E-state index contributed by atoms with van der Waals surface area (Å²) in [6.07, 6.45) is 0. The number of carbonyl (C=O) groups excluding carboxylic acids is 1. The Balaban J connectivity index is 1.93. The van der Waals surface area contributed by atoms with E-state index in [0.717, 1.165) is 21.5 Å². The summed E-state index contributed by atoms with van der Waals surface area (Å²) >= 11 is 1.49. The summed E-state index contributed by atoms with van der Waals surface area (Å²) < 4.78 is 2.82. The first-order valence-corrected chi connectivity index (χ1v) is 8.42. The number of carbonyl (C=O) groups is 1. The fourth-order valence-electron chi connectivity index (χ4n) is 2.52. The van der Waals surface area contributed by atoms with Gasteiger partial charge in [0, 0.05) is 6.04 Å². The zero-order valence-corrected chi connectivity index (χ0v) is 14.8. The number of amides is 1. The number of hydrogen-bond acceptors (Lipinski definition) is 4. The molecule has 0 bridgehead atoms. The van der Waals surface area contributed by atoms with Gasteiger partial charge in [-0.1, -0.05) is 17.4 Å². The second-order valence-corrected chi connectivity index (χ2v) is 7.07. The molecule has 0 aliphatic carbocycles. The van der Waals surface area contributed by atoms with E-state index in [1.165, 1.54) is 16.9 Å². The minimum absolute atomic E-state index is 0.129. The Kier molecular flexibility index (Phi) is 3.93. The largest absolute Gasteiger partial charge is 0.296 e. The van der Waals surface area contributed by atoms with Gasteiger partial charge < -0.3 is 0 Å². The van der Waals surface area contributed by atoms with E-state index in [9.17, 15) is 4.79 Å². The van der Waals surface area contributed by atoms with Gasteiger partial charge in [-0.3, -0.25) is 14.8 Å². The average Bonchev–Trinajstić information content (AvgIpc) is 3.07. The molecule has 0 unspecified atom stereocenters. The van der Waals surface area contributed by atoms with Gasteiger partial charge in [0.05, 0.1) is 15.9 Å². The van der Waals surface area contributed by atoms with E-state index in [-0.39, 0.29) is 11.9 Å². The second-order valence-electron chi connectivity index (χ2n) is 6.04. The Morgan fingerprint density at radius 2 is 2.00 bits per heavy atom. The highest BCUT2D eigenvalue weighted by Crippen LogP contribution is 2.30. The third-order valence-electron chi connectivity index (χ3n) is 3.88. The van der Waals surface area contributed by atoms with Crippen molar-refractivity contribution in [2.45, 2.75) is 40.7 Å². The van der Waals surface area contributed by atoms with Crippen LogP contribution in [0.2, 0.25) is 0 Å². The highest BCUT2D eigenvalue weighted by atomic mass is 32.1. The number of rotatable bonds is 3. The molecule has 0 fully saturated rings. The Morgan fingerprint density at radius 3 is 2.70 bits per heavy atom. The van der Waals surface area contributed by atoms with Gasteiger partial charge >= 0.3 is 0 Å². The Labute approximate surface area is 139 Å². The van der Waals surface area contributed by atoms with Crippen LogP contribution in [0.5, 0.6) is 0 Å². The van der Waals surface area contributed by atoms with Crippen molar-refractivity contribution in [2.75, 3.05) is 5.32 Å². The summed E-state index contributed by atoms with van der Waals surface area (Å²) in [6, 6.07) is 6.06. The predicted molar refractivity (Wildman–Crippen MR) is 94.4 cm³/mol. The highest BCUT2D eigenvalue weighted by Gasteiger charge is 2.18. The maximum atomic E-state index is 12.6. The lowest BCUT2D eigenvalue weighted by atomic mass is 10.1. The molecule has 6 heteroatoms. The first-order chi connectivity index (χ1) is 10.9. The van der Waals surface area contributed by atoms with Crippen LogP contribution in [0.1, 0.15) is 47.2 Å². The summed E-state index contributed by atoms with van der Waals surface area (Å²) in [6.45, 7) is 10.0. The van der Waals surface area contributed by atoms with E-state index in [1.54, 1.807) is 10.7 Å². The Hall–Kier alpha value is -2.21. The molecule has 0 aliphatic rings. The molecule has 120 valence electrons. The van der Waals surface area contributed by atoms with Crippen LogP contribution in [0.25, 0.3) is 10.2 Å². The van der Waals surface area contributed by atoms with Crippen LogP contribution in [0.3, 0.4) is 0 Å². The van der Waals surface area contributed by atoms with Crippen LogP contribution in [-0.2, 0) is 0 Å². The van der Waals surface area contributed by atoms with Crippen molar-refractivity contribution in [3.63, 3.8) is 0 Å². The van der Waals surface area contributed by atoms with Crippen LogP contribution in [-0.4, -0.2) is 20.7 Å². The van der Waals surface area contributed by atoms with E-state index in [1.807, 2.05) is 26.8 Å². The van der Waals surface area contributed by atoms with E-state index in [4.69, 9.17) is 0 Å². The standard InChI is InChI=1S/C17H20N4OS/c1-9(2)21-13(8-11(4)20-21)16(22)19-17-18-15-12(5)10(3)6-7-14(15)23-17/h6-9H,1-5H3,(H,18,19,22). The molecule has 0 saturated carbocycles. The molecule has 1 amide bonds. The highest BCUT2D eigenvalue weighted by molar-refractivity contribution is 7.22. The lowest BCUT2D eigenvalue weighted by Gasteiger charge is -2.09. The molecule has 5 nitrogen and oxygen atoms in total. The van der Waals surface area contributed by atoms with Crippen molar-refractivity contribution in [3.8, 4) is 0 Å². The number of nitrogens with zero attached hydrogens (tertiary/aromatic N) is 3. The van der Waals surface area contributed by atoms with Gasteiger partial charge in [-0.25, -0.2) is 4.98 Å². The van der Waals surface area contributed by atoms with Gasteiger partial charge in [-0.2, -0.15) is 5.10 Å². The minimum atomic E-state index is -0.173. The first-order valence-electron chi connectivity index (χ1n) is 7.61. The van der Waals surface area contributed by atoms with Gasteiger partial charge in [0.25, 0.3) is 5.91 Å². The molecular weight excluding hydrogens is 308 g/mol. The predicted octanol–water partition coefficient (Wildman–Crippen LogP) is 4.25. The fourth-order valence-corrected chi connectivity index (χ4v) is 3.44. The molecule has 1 aromatic carbocycles. The number of aryl methyl sites for hydroxylation is 3. The number of anilines is 1. The van der Waals surface area contributed by atoms with Crippen LogP contribution >= 0.6 is 11.3 Å². The Bertz CT molecular complexity index is 892. The number of hydrogen-bond donors (Lipinski definition) is 1. The monoisotopic (exact) mass is 328 g/mol. The van der Waals surface area contributed by atoms with Crippen molar-refractivity contribution in [1.29, 1.82) is 0 Å². The molecule has 1 N–H and O–H groups in total. The molecule has 3 aromatic rings. The number of thiazole rings is 1. The van der Waals surface area contributed by atoms with E-state index in [0.29, 0.717) is 10.8 Å². The van der Waals surface area contributed by atoms with Crippen molar-refractivity contribution in [2.24, 2.45) is 0 Å². The molecule has 0 spiro atoms. The van der Waals surface area contributed by atoms with E-state index >= 15 is 0 Å². The molecule has 0 saturated heterocycles. The summed E-state index contributed by atoms with van der Waals surface area (Å²) in [7, 11) is 0. The quantitative estimate of drug-likeness (QED) is 0.782. The maximum absolute atomic E-state index is 12.6. The van der Waals surface area contributed by atoms with Gasteiger partial charge in [0.1, 0.15) is 5.69 Å². The molecule has 0 radical (unpaired) electrons. The Morgan fingerprint density at radius 1 is 1.26 bits per heavy atom. The summed E-state index contributed by atoms with van der Waals surface area (Å²) in [4.78, 5) is 17.2. The van der Waals surface area contributed by atoms with E-state index < -0.39 is 0 Å². The van der Waals surface area contributed by atoms with Crippen LogP contribution in [0.15, 0.2) is 18.2 Å². The number of fused-ring (bicyclic) bond motifs is 1. The summed E-state index contributed by atoms with van der Waals surface area (Å²) in [5.41, 5.74) is 4.71. The average molecular weight is 328 g/mol. The van der Waals surface area contributed by atoms with Crippen molar-refractivity contribution >= 4 is 32.6 Å². The van der Waals surface area contributed by atoms with Crippen molar-refractivity contribution in [3.05, 3.63) is 40.7 Å². The molecule has 2 aromatic heterocycles. The molecule has 0 atom stereocenters. The van der Waals surface area contributed by atoms with E-state index in [2.05, 4.69) is 35.3 Å². The topological polar surface area (TPSA) is 59.8 Å². The lowest BCUT2D eigenvalue weighted by Crippen LogP contribution is -2.18. The number of nitrogens with one attached hydrogen (secondary N) is 1. The smallest absolute Gasteiger partial charge is 0.275 e. The van der Waals surface area contributed by atoms with Gasteiger partial charge in [0.15, 0.2) is 5.13 Å². The number of aromatic nitrogens is 3. The summed E-state index contributed by atoms with van der Waals surface area (Å²) in [5.74, 6) is -0.173. The van der Waals surface area contributed by atoms with Crippen LogP contribution in [0.4, 0.5) is 5.13 Å². The maximum Gasteiger partial charge on any atom is 0.275 e. The van der Waals surface area contributed by atoms with Gasteiger partial charge in [-0.05, 0) is 57.9 Å².